The van der Waals surface area contributed by atoms with Gasteiger partial charge in [-0.15, -0.1) is 0 Å². The fourth-order valence-corrected chi connectivity index (χ4v) is 1.55. The minimum atomic E-state index is 0.143. The summed E-state index contributed by atoms with van der Waals surface area (Å²) in [5, 5.41) is 0. The molecule has 1 amide bonds. The lowest BCUT2D eigenvalue weighted by Gasteiger charge is -2.29. The van der Waals surface area contributed by atoms with Crippen LogP contribution in [0.25, 0.3) is 0 Å². The molecular formula is C14H31N3O. The zero-order valence-corrected chi connectivity index (χ0v) is 13.2. The van der Waals surface area contributed by atoms with E-state index in [2.05, 4.69) is 44.7 Å². The third-order valence-electron chi connectivity index (χ3n) is 3.86. The van der Waals surface area contributed by atoms with Crippen LogP contribution in [0.3, 0.4) is 0 Å². The first-order chi connectivity index (χ1) is 8.25. The number of rotatable bonds is 8. The molecule has 0 aromatic rings. The molecule has 0 rings (SSSR count). The molecule has 108 valence electrons. The fourth-order valence-electron chi connectivity index (χ4n) is 1.55. The summed E-state index contributed by atoms with van der Waals surface area (Å²) in [6, 6.07) is 1.10. The monoisotopic (exact) mass is 257 g/mol. The Morgan fingerprint density at radius 3 is 1.89 bits per heavy atom. The predicted molar refractivity (Wildman–Crippen MR) is 77.8 cm³/mol. The van der Waals surface area contributed by atoms with Crippen LogP contribution in [0.2, 0.25) is 0 Å². The number of hydrogen-bond acceptors (Lipinski definition) is 3. The van der Waals surface area contributed by atoms with E-state index in [1.165, 1.54) is 0 Å². The Hall–Kier alpha value is -0.610. The number of nitrogens with zero attached hydrogens (tertiary/aromatic N) is 3. The van der Waals surface area contributed by atoms with Crippen molar-refractivity contribution in [2.75, 3.05) is 40.8 Å². The van der Waals surface area contributed by atoms with Gasteiger partial charge in [0.05, 0.1) is 0 Å². The Morgan fingerprint density at radius 1 is 0.944 bits per heavy atom. The van der Waals surface area contributed by atoms with Crippen molar-refractivity contribution in [3.8, 4) is 0 Å². The van der Waals surface area contributed by atoms with Gasteiger partial charge in [0.2, 0.25) is 5.91 Å². The van der Waals surface area contributed by atoms with Crippen LogP contribution in [0.5, 0.6) is 0 Å². The van der Waals surface area contributed by atoms with Crippen LogP contribution in [0.1, 0.15) is 34.1 Å². The van der Waals surface area contributed by atoms with E-state index >= 15 is 0 Å². The molecule has 1 atom stereocenters. The minimum Gasteiger partial charge on any atom is -0.346 e. The maximum absolute atomic E-state index is 11.1. The van der Waals surface area contributed by atoms with Crippen molar-refractivity contribution in [1.82, 2.24) is 14.7 Å². The molecule has 4 nitrogen and oxygen atoms in total. The molecule has 0 aliphatic rings. The SMILES string of the molecule is CC(=O)N(C)CCC(C)N(C)CCN(C)C(C)C. The number of carbonyl (C=O) groups is 1. The number of likely N-dealkylation sites (N-methyl/N-ethyl adjacent to an activating group) is 2. The third-order valence-corrected chi connectivity index (χ3v) is 3.86. The molecular weight excluding hydrogens is 226 g/mol. The first kappa shape index (κ1) is 17.4. The maximum atomic E-state index is 11.1. The quantitative estimate of drug-likeness (QED) is 0.659. The highest BCUT2D eigenvalue weighted by Crippen LogP contribution is 2.03. The van der Waals surface area contributed by atoms with Crippen molar-refractivity contribution < 1.29 is 4.79 Å². The molecule has 0 fully saturated rings. The van der Waals surface area contributed by atoms with Crippen molar-refractivity contribution in [3.05, 3.63) is 0 Å². The van der Waals surface area contributed by atoms with E-state index in [0.29, 0.717) is 12.1 Å². The lowest BCUT2D eigenvalue weighted by Crippen LogP contribution is -2.39. The lowest BCUT2D eigenvalue weighted by molar-refractivity contribution is -0.127. The number of amides is 1. The Kier molecular flexibility index (Phi) is 8.20. The Morgan fingerprint density at radius 2 is 1.44 bits per heavy atom. The summed E-state index contributed by atoms with van der Waals surface area (Å²) in [5.41, 5.74) is 0. The highest BCUT2D eigenvalue weighted by molar-refractivity contribution is 5.72. The second kappa shape index (κ2) is 8.48. The molecule has 0 aliphatic heterocycles. The van der Waals surface area contributed by atoms with E-state index in [1.54, 1.807) is 11.8 Å². The van der Waals surface area contributed by atoms with E-state index in [4.69, 9.17) is 0 Å². The molecule has 0 bridgehead atoms. The van der Waals surface area contributed by atoms with Crippen LogP contribution >= 0.6 is 0 Å². The van der Waals surface area contributed by atoms with Gasteiger partial charge < -0.3 is 14.7 Å². The molecule has 0 N–H and O–H groups in total. The van der Waals surface area contributed by atoms with Crippen molar-refractivity contribution in [3.63, 3.8) is 0 Å². The summed E-state index contributed by atoms with van der Waals surface area (Å²) >= 11 is 0. The van der Waals surface area contributed by atoms with Gasteiger partial charge in [-0.25, -0.2) is 0 Å². The van der Waals surface area contributed by atoms with Crippen molar-refractivity contribution >= 4 is 5.91 Å². The molecule has 0 saturated heterocycles. The molecule has 0 spiro atoms. The molecule has 0 aliphatic carbocycles. The standard InChI is InChI=1S/C14H31N3O/c1-12(2)15(5)10-11-16(6)13(3)8-9-17(7)14(4)18/h12-13H,8-11H2,1-7H3. The summed E-state index contributed by atoms with van der Waals surface area (Å²) in [5.74, 6) is 0.143. The minimum absolute atomic E-state index is 0.143. The average Bonchev–Trinajstić information content (AvgIpc) is 2.31. The second-order valence-corrected chi connectivity index (χ2v) is 5.63. The van der Waals surface area contributed by atoms with Crippen LogP contribution in [0.4, 0.5) is 0 Å². The van der Waals surface area contributed by atoms with Gasteiger partial charge in [-0.2, -0.15) is 0 Å². The molecule has 0 aromatic heterocycles. The normalized spacial score (nSPS) is 13.4. The maximum Gasteiger partial charge on any atom is 0.219 e. The van der Waals surface area contributed by atoms with E-state index in [-0.39, 0.29) is 5.91 Å². The van der Waals surface area contributed by atoms with Crippen LogP contribution in [0, 0.1) is 0 Å². The van der Waals surface area contributed by atoms with Crippen molar-refractivity contribution in [1.29, 1.82) is 0 Å². The van der Waals surface area contributed by atoms with Crippen LogP contribution in [0.15, 0.2) is 0 Å². The molecule has 0 saturated carbocycles. The van der Waals surface area contributed by atoms with E-state index < -0.39 is 0 Å². The van der Waals surface area contributed by atoms with Gasteiger partial charge >= 0.3 is 0 Å². The largest absolute Gasteiger partial charge is 0.346 e. The van der Waals surface area contributed by atoms with E-state index in [1.807, 2.05) is 7.05 Å². The van der Waals surface area contributed by atoms with Crippen LogP contribution in [-0.2, 0) is 4.79 Å². The summed E-state index contributed by atoms with van der Waals surface area (Å²) in [6.45, 7) is 11.3. The zero-order valence-electron chi connectivity index (χ0n) is 13.2. The van der Waals surface area contributed by atoms with Crippen molar-refractivity contribution in [2.45, 2.75) is 46.2 Å². The molecule has 1 unspecified atom stereocenters. The van der Waals surface area contributed by atoms with Gasteiger partial charge in [0.1, 0.15) is 0 Å². The Labute approximate surface area is 113 Å². The topological polar surface area (TPSA) is 26.8 Å². The van der Waals surface area contributed by atoms with Gasteiger partial charge in [-0.1, -0.05) is 0 Å². The van der Waals surface area contributed by atoms with Crippen molar-refractivity contribution in [2.24, 2.45) is 0 Å². The van der Waals surface area contributed by atoms with E-state index in [9.17, 15) is 4.79 Å². The van der Waals surface area contributed by atoms with Gasteiger partial charge in [-0.3, -0.25) is 4.79 Å². The zero-order chi connectivity index (χ0) is 14.3. The Balaban J connectivity index is 3.89. The second-order valence-electron chi connectivity index (χ2n) is 5.63. The third kappa shape index (κ3) is 6.97. The molecule has 0 heterocycles. The average molecular weight is 257 g/mol. The summed E-state index contributed by atoms with van der Waals surface area (Å²) in [4.78, 5) is 17.6. The van der Waals surface area contributed by atoms with Gasteiger partial charge in [0.25, 0.3) is 0 Å². The molecule has 0 aromatic carbocycles. The smallest absolute Gasteiger partial charge is 0.219 e. The summed E-state index contributed by atoms with van der Waals surface area (Å²) in [7, 11) is 6.18. The first-order valence-electron chi connectivity index (χ1n) is 6.87. The van der Waals surface area contributed by atoms with Crippen LogP contribution < -0.4 is 0 Å². The summed E-state index contributed by atoms with van der Waals surface area (Å²) in [6.07, 6.45) is 1.03. The molecule has 4 heteroatoms. The lowest BCUT2D eigenvalue weighted by atomic mass is 10.2. The molecule has 18 heavy (non-hydrogen) atoms. The summed E-state index contributed by atoms with van der Waals surface area (Å²) < 4.78 is 0. The number of carbonyl (C=O) groups excluding carboxylic acids is 1. The molecule has 0 radical (unpaired) electrons. The highest BCUT2D eigenvalue weighted by Gasteiger charge is 2.12. The van der Waals surface area contributed by atoms with Gasteiger partial charge in [0.15, 0.2) is 0 Å². The van der Waals surface area contributed by atoms with Crippen LogP contribution in [-0.4, -0.2) is 73.5 Å². The number of hydrogen-bond donors (Lipinski definition) is 0. The highest BCUT2D eigenvalue weighted by atomic mass is 16.2. The Bertz CT molecular complexity index is 243. The van der Waals surface area contributed by atoms with E-state index in [0.717, 1.165) is 26.1 Å². The first-order valence-corrected chi connectivity index (χ1v) is 6.87. The van der Waals surface area contributed by atoms with Gasteiger partial charge in [0, 0.05) is 45.7 Å². The predicted octanol–water partition coefficient (Wildman–Crippen LogP) is 1.52. The van der Waals surface area contributed by atoms with Gasteiger partial charge in [-0.05, 0) is 41.3 Å². The fraction of sp³-hybridized carbons (Fsp3) is 0.929.